The molecule has 0 fully saturated rings. The van der Waals surface area contributed by atoms with Crippen molar-refractivity contribution in [3.63, 3.8) is 0 Å². The summed E-state index contributed by atoms with van der Waals surface area (Å²) in [6, 6.07) is 9.20. The van der Waals surface area contributed by atoms with E-state index in [1.165, 1.54) is 24.0 Å². The molecule has 20 heavy (non-hydrogen) atoms. The van der Waals surface area contributed by atoms with Crippen LogP contribution < -0.4 is 10.6 Å². The van der Waals surface area contributed by atoms with Gasteiger partial charge in [-0.1, -0.05) is 38.1 Å². The van der Waals surface area contributed by atoms with Crippen molar-refractivity contribution in [1.29, 1.82) is 5.41 Å². The number of nitrogens with one attached hydrogen (secondary N) is 3. The van der Waals surface area contributed by atoms with Gasteiger partial charge in [0.1, 0.15) is 0 Å². The first-order valence-corrected chi connectivity index (χ1v) is 7.43. The van der Waals surface area contributed by atoms with Crippen LogP contribution in [-0.2, 0) is 6.54 Å². The number of benzene rings is 1. The normalized spacial score (nSPS) is 18.1. The van der Waals surface area contributed by atoms with Gasteiger partial charge in [0, 0.05) is 19.6 Å². The van der Waals surface area contributed by atoms with Crippen molar-refractivity contribution in [3.05, 3.63) is 35.4 Å². The summed E-state index contributed by atoms with van der Waals surface area (Å²) in [7, 11) is 1.77. The second-order valence-electron chi connectivity index (χ2n) is 5.89. The number of fused-ring (bicyclic) bond motifs is 1. The van der Waals surface area contributed by atoms with Gasteiger partial charge in [0.25, 0.3) is 0 Å². The molecule has 0 saturated carbocycles. The van der Waals surface area contributed by atoms with Gasteiger partial charge in [-0.25, -0.2) is 0 Å². The summed E-state index contributed by atoms with van der Waals surface area (Å²) in [5, 5.41) is 13.6. The molecule has 1 unspecified atom stereocenters. The molecule has 110 valence electrons. The monoisotopic (exact) mass is 274 g/mol. The van der Waals surface area contributed by atoms with Crippen LogP contribution in [-0.4, -0.2) is 24.6 Å². The first-order chi connectivity index (χ1) is 9.61. The first-order valence-electron chi connectivity index (χ1n) is 7.43. The van der Waals surface area contributed by atoms with Gasteiger partial charge in [-0.2, -0.15) is 0 Å². The summed E-state index contributed by atoms with van der Waals surface area (Å²) < 4.78 is 0. The van der Waals surface area contributed by atoms with Crippen LogP contribution in [0.5, 0.6) is 0 Å². The molecule has 3 N–H and O–H groups in total. The van der Waals surface area contributed by atoms with Crippen LogP contribution in [0, 0.1) is 11.3 Å². The summed E-state index contributed by atoms with van der Waals surface area (Å²) in [6.07, 6.45) is 2.42. The van der Waals surface area contributed by atoms with E-state index >= 15 is 0 Å². The van der Waals surface area contributed by atoms with Crippen LogP contribution >= 0.6 is 0 Å². The Labute approximate surface area is 122 Å². The van der Waals surface area contributed by atoms with Crippen LogP contribution in [0.3, 0.4) is 0 Å². The number of guanidine groups is 1. The minimum absolute atomic E-state index is 0.378. The van der Waals surface area contributed by atoms with Gasteiger partial charge < -0.3 is 10.6 Å². The third-order valence-corrected chi connectivity index (χ3v) is 3.95. The lowest BCUT2D eigenvalue weighted by molar-refractivity contribution is 0.193. The minimum atomic E-state index is 0.378. The molecule has 0 radical (unpaired) electrons. The Morgan fingerprint density at radius 3 is 2.85 bits per heavy atom. The quantitative estimate of drug-likeness (QED) is 0.571. The number of nitrogens with zero attached hydrogens (tertiary/aromatic N) is 1. The average molecular weight is 274 g/mol. The Morgan fingerprint density at radius 1 is 1.40 bits per heavy atom. The van der Waals surface area contributed by atoms with E-state index in [0.29, 0.717) is 12.0 Å². The molecule has 0 amide bonds. The highest BCUT2D eigenvalue weighted by Gasteiger charge is 2.29. The molecule has 1 aromatic rings. The molecule has 1 heterocycles. The molecule has 0 saturated heterocycles. The van der Waals surface area contributed by atoms with Crippen molar-refractivity contribution in [2.24, 2.45) is 5.92 Å². The maximum absolute atomic E-state index is 7.65. The van der Waals surface area contributed by atoms with Gasteiger partial charge in [-0.3, -0.25) is 10.3 Å². The van der Waals surface area contributed by atoms with E-state index in [9.17, 15) is 0 Å². The predicted octanol–water partition coefficient (Wildman–Crippen LogP) is 2.68. The first kappa shape index (κ1) is 14.9. The maximum Gasteiger partial charge on any atom is 0.189 e. The van der Waals surface area contributed by atoms with Crippen molar-refractivity contribution in [2.75, 3.05) is 13.7 Å². The van der Waals surface area contributed by atoms with Crippen LogP contribution in [0.2, 0.25) is 0 Å². The maximum atomic E-state index is 7.65. The van der Waals surface area contributed by atoms with Crippen LogP contribution in [0.15, 0.2) is 24.3 Å². The molecule has 1 aromatic carbocycles. The number of hydrogen-bond donors (Lipinski definition) is 3. The molecule has 1 aliphatic rings. The summed E-state index contributed by atoms with van der Waals surface area (Å²) >= 11 is 0. The minimum Gasteiger partial charge on any atom is -0.360 e. The molecular weight excluding hydrogens is 248 g/mol. The standard InChI is InChI=1S/C16H26N4/c1-12(2)8-9-15-14-7-5-4-6-13(14)10-20(15)11-19-16(17)18-3/h4-7,12,15H,8-11H2,1-3H3,(H3,17,18,19). The van der Waals surface area contributed by atoms with Crippen LogP contribution in [0.4, 0.5) is 0 Å². The summed E-state index contributed by atoms with van der Waals surface area (Å²) in [4.78, 5) is 2.43. The average Bonchev–Trinajstić information content (AvgIpc) is 2.80. The SMILES string of the molecule is CNC(=N)NCN1Cc2ccccc2C1CCC(C)C. The number of hydrogen-bond acceptors (Lipinski definition) is 2. The van der Waals surface area contributed by atoms with E-state index in [1.807, 2.05) is 0 Å². The summed E-state index contributed by atoms with van der Waals surface area (Å²) in [6.45, 7) is 6.25. The van der Waals surface area contributed by atoms with Crippen molar-refractivity contribution in [2.45, 2.75) is 39.3 Å². The lowest BCUT2D eigenvalue weighted by Gasteiger charge is -2.26. The molecule has 0 spiro atoms. The van der Waals surface area contributed by atoms with Crippen molar-refractivity contribution in [3.8, 4) is 0 Å². The van der Waals surface area contributed by atoms with Crippen LogP contribution in [0.25, 0.3) is 0 Å². The largest absolute Gasteiger partial charge is 0.360 e. The zero-order chi connectivity index (χ0) is 14.5. The fraction of sp³-hybridized carbons (Fsp3) is 0.562. The predicted molar refractivity (Wildman–Crippen MR) is 83.6 cm³/mol. The molecule has 0 aliphatic carbocycles. The summed E-state index contributed by atoms with van der Waals surface area (Å²) in [5.41, 5.74) is 2.89. The Morgan fingerprint density at radius 2 is 2.15 bits per heavy atom. The fourth-order valence-electron chi connectivity index (χ4n) is 2.79. The van der Waals surface area contributed by atoms with E-state index in [2.05, 4.69) is 53.6 Å². The highest BCUT2D eigenvalue weighted by atomic mass is 15.3. The lowest BCUT2D eigenvalue weighted by Crippen LogP contribution is -2.41. The molecule has 1 atom stereocenters. The van der Waals surface area contributed by atoms with Gasteiger partial charge >= 0.3 is 0 Å². The topological polar surface area (TPSA) is 51.2 Å². The van der Waals surface area contributed by atoms with Crippen LogP contribution in [0.1, 0.15) is 43.9 Å². The van der Waals surface area contributed by atoms with E-state index in [0.717, 1.165) is 19.1 Å². The number of rotatable bonds is 5. The van der Waals surface area contributed by atoms with Gasteiger partial charge in [0.05, 0.1) is 6.67 Å². The highest BCUT2D eigenvalue weighted by molar-refractivity contribution is 5.75. The molecule has 4 nitrogen and oxygen atoms in total. The van der Waals surface area contributed by atoms with Gasteiger partial charge in [-0.15, -0.1) is 0 Å². The fourth-order valence-corrected chi connectivity index (χ4v) is 2.79. The van der Waals surface area contributed by atoms with E-state index in [-0.39, 0.29) is 0 Å². The van der Waals surface area contributed by atoms with Gasteiger partial charge in [0.2, 0.25) is 0 Å². The highest BCUT2D eigenvalue weighted by Crippen LogP contribution is 2.36. The zero-order valence-electron chi connectivity index (χ0n) is 12.7. The zero-order valence-corrected chi connectivity index (χ0v) is 12.7. The lowest BCUT2D eigenvalue weighted by atomic mass is 9.97. The Bertz CT molecular complexity index is 456. The van der Waals surface area contributed by atoms with E-state index in [4.69, 9.17) is 5.41 Å². The third-order valence-electron chi connectivity index (χ3n) is 3.95. The van der Waals surface area contributed by atoms with Gasteiger partial charge in [-0.05, 0) is 29.9 Å². The van der Waals surface area contributed by atoms with Crippen molar-refractivity contribution < 1.29 is 0 Å². The molecule has 0 aromatic heterocycles. The van der Waals surface area contributed by atoms with E-state index < -0.39 is 0 Å². The molecule has 0 bridgehead atoms. The van der Waals surface area contributed by atoms with Crippen molar-refractivity contribution in [1.82, 2.24) is 15.5 Å². The molecule has 2 rings (SSSR count). The van der Waals surface area contributed by atoms with Crippen molar-refractivity contribution >= 4 is 5.96 Å². The third kappa shape index (κ3) is 3.51. The second-order valence-corrected chi connectivity index (χ2v) is 5.89. The van der Waals surface area contributed by atoms with Gasteiger partial charge in [0.15, 0.2) is 5.96 Å². The smallest absolute Gasteiger partial charge is 0.189 e. The molecular formula is C16H26N4. The second kappa shape index (κ2) is 6.75. The Kier molecular flexibility index (Phi) is 5.01. The molecule has 1 aliphatic heterocycles. The Hall–Kier alpha value is -1.55. The van der Waals surface area contributed by atoms with E-state index in [1.54, 1.807) is 7.05 Å². The Balaban J connectivity index is 2.05. The molecule has 4 heteroatoms. The summed E-state index contributed by atoms with van der Waals surface area (Å²) in [5.74, 6) is 1.11.